The van der Waals surface area contributed by atoms with Crippen LogP contribution < -0.4 is 5.46 Å². The average molecular weight is 251 g/mol. The number of benzene rings is 1. The fraction of sp³-hybridized carbons (Fsp3) is 0.500. The maximum absolute atomic E-state index is 9.01. The van der Waals surface area contributed by atoms with Crippen molar-refractivity contribution in [2.45, 2.75) is 18.7 Å². The lowest BCUT2D eigenvalue weighted by atomic mass is 9.80. The SMILES string of the molecule is CC1CN(Cc2ccc(B(O)O)cc2)CCS1. The first kappa shape index (κ1) is 13.0. The Hall–Kier alpha value is -0.485. The van der Waals surface area contributed by atoms with E-state index in [1.165, 1.54) is 11.3 Å². The van der Waals surface area contributed by atoms with E-state index >= 15 is 0 Å². The second-order valence-corrected chi connectivity index (χ2v) is 6.08. The normalized spacial score (nSPS) is 21.5. The van der Waals surface area contributed by atoms with Gasteiger partial charge in [-0.2, -0.15) is 11.8 Å². The lowest BCUT2D eigenvalue weighted by Gasteiger charge is -2.30. The Morgan fingerprint density at radius 1 is 1.35 bits per heavy atom. The molecular formula is C12H18BNO2S. The quantitative estimate of drug-likeness (QED) is 0.758. The van der Waals surface area contributed by atoms with Gasteiger partial charge in [0.2, 0.25) is 0 Å². The molecule has 0 aliphatic carbocycles. The summed E-state index contributed by atoms with van der Waals surface area (Å²) in [5.41, 5.74) is 1.78. The first-order valence-electron chi connectivity index (χ1n) is 5.94. The Morgan fingerprint density at radius 2 is 2.06 bits per heavy atom. The number of rotatable bonds is 3. The monoisotopic (exact) mass is 251 g/mol. The van der Waals surface area contributed by atoms with E-state index in [1.54, 1.807) is 12.1 Å². The molecule has 1 atom stereocenters. The largest absolute Gasteiger partial charge is 0.488 e. The molecule has 0 bridgehead atoms. The standard InChI is InChI=1S/C12H18BNO2S/c1-10-8-14(6-7-17-10)9-11-2-4-12(5-3-11)13(15)16/h2-5,10,15-16H,6-9H2,1H3. The Balaban J connectivity index is 1.94. The summed E-state index contributed by atoms with van der Waals surface area (Å²) in [7, 11) is -1.37. The predicted molar refractivity (Wildman–Crippen MR) is 73.5 cm³/mol. The second-order valence-electron chi connectivity index (χ2n) is 4.53. The highest BCUT2D eigenvalue weighted by Crippen LogP contribution is 2.19. The van der Waals surface area contributed by atoms with Gasteiger partial charge in [-0.25, -0.2) is 0 Å². The fourth-order valence-corrected chi connectivity index (χ4v) is 3.17. The summed E-state index contributed by atoms with van der Waals surface area (Å²) in [6, 6.07) is 7.51. The van der Waals surface area contributed by atoms with E-state index in [-0.39, 0.29) is 0 Å². The highest BCUT2D eigenvalue weighted by molar-refractivity contribution is 7.99. The number of hydrogen-bond donors (Lipinski definition) is 2. The first-order valence-corrected chi connectivity index (χ1v) is 6.99. The third-order valence-corrected chi connectivity index (χ3v) is 4.15. The molecule has 1 aliphatic heterocycles. The van der Waals surface area contributed by atoms with Crippen LogP contribution in [-0.4, -0.2) is 46.2 Å². The Labute approximate surface area is 107 Å². The molecule has 5 heteroatoms. The van der Waals surface area contributed by atoms with Crippen LogP contribution >= 0.6 is 11.8 Å². The lowest BCUT2D eigenvalue weighted by Crippen LogP contribution is -2.36. The van der Waals surface area contributed by atoms with Crippen molar-refractivity contribution in [3.05, 3.63) is 29.8 Å². The van der Waals surface area contributed by atoms with Gasteiger partial charge in [0.25, 0.3) is 0 Å². The number of hydrogen-bond acceptors (Lipinski definition) is 4. The molecule has 1 aromatic rings. The van der Waals surface area contributed by atoms with Gasteiger partial charge in [0.15, 0.2) is 0 Å². The zero-order chi connectivity index (χ0) is 12.3. The van der Waals surface area contributed by atoms with Crippen LogP contribution in [0.15, 0.2) is 24.3 Å². The van der Waals surface area contributed by atoms with Crippen molar-refractivity contribution < 1.29 is 10.0 Å². The minimum absolute atomic E-state index is 0.552. The van der Waals surface area contributed by atoms with Gasteiger partial charge in [0.05, 0.1) is 0 Å². The molecule has 0 aromatic heterocycles. The number of thioether (sulfide) groups is 1. The third-order valence-electron chi connectivity index (χ3n) is 3.01. The van der Waals surface area contributed by atoms with E-state index < -0.39 is 7.12 Å². The van der Waals surface area contributed by atoms with Gasteiger partial charge in [-0.05, 0) is 11.0 Å². The summed E-state index contributed by atoms with van der Waals surface area (Å²) in [4.78, 5) is 2.45. The molecule has 0 saturated carbocycles. The maximum atomic E-state index is 9.01. The van der Waals surface area contributed by atoms with Gasteiger partial charge in [0.1, 0.15) is 0 Å². The van der Waals surface area contributed by atoms with E-state index in [0.29, 0.717) is 10.7 Å². The Morgan fingerprint density at radius 3 is 2.65 bits per heavy atom. The molecular weight excluding hydrogens is 233 g/mol. The first-order chi connectivity index (χ1) is 8.15. The zero-order valence-electron chi connectivity index (χ0n) is 10.0. The minimum atomic E-state index is -1.37. The van der Waals surface area contributed by atoms with Crippen LogP contribution in [0.2, 0.25) is 0 Å². The molecule has 0 radical (unpaired) electrons. The maximum Gasteiger partial charge on any atom is 0.488 e. The van der Waals surface area contributed by atoms with E-state index in [0.717, 1.165) is 19.6 Å². The van der Waals surface area contributed by atoms with Crippen LogP contribution in [0.5, 0.6) is 0 Å². The molecule has 2 N–H and O–H groups in total. The van der Waals surface area contributed by atoms with Crippen LogP contribution in [0.1, 0.15) is 12.5 Å². The average Bonchev–Trinajstić information content (AvgIpc) is 2.29. The van der Waals surface area contributed by atoms with Gasteiger partial charge in [-0.1, -0.05) is 31.2 Å². The Bertz CT molecular complexity index is 358. The third kappa shape index (κ3) is 3.74. The Kier molecular flexibility index (Phi) is 4.51. The summed E-state index contributed by atoms with van der Waals surface area (Å²) in [6.07, 6.45) is 0. The smallest absolute Gasteiger partial charge is 0.423 e. The van der Waals surface area contributed by atoms with E-state index in [4.69, 9.17) is 10.0 Å². The molecule has 92 valence electrons. The summed E-state index contributed by atoms with van der Waals surface area (Å²) < 4.78 is 0. The van der Waals surface area contributed by atoms with Crippen LogP contribution in [-0.2, 0) is 6.54 Å². The molecule has 2 rings (SSSR count). The molecule has 1 fully saturated rings. The van der Waals surface area contributed by atoms with Crippen molar-refractivity contribution in [1.29, 1.82) is 0 Å². The summed E-state index contributed by atoms with van der Waals surface area (Å²) >= 11 is 2.03. The van der Waals surface area contributed by atoms with Crippen LogP contribution in [0.25, 0.3) is 0 Å². The van der Waals surface area contributed by atoms with Crippen molar-refractivity contribution in [2.75, 3.05) is 18.8 Å². The van der Waals surface area contributed by atoms with Crippen molar-refractivity contribution in [3.63, 3.8) is 0 Å². The van der Waals surface area contributed by atoms with E-state index in [1.807, 2.05) is 23.9 Å². The molecule has 1 heterocycles. The molecule has 1 saturated heterocycles. The van der Waals surface area contributed by atoms with Crippen molar-refractivity contribution >= 4 is 24.3 Å². The van der Waals surface area contributed by atoms with Gasteiger partial charge in [-0.15, -0.1) is 0 Å². The van der Waals surface area contributed by atoms with Gasteiger partial charge in [0, 0.05) is 30.6 Å². The molecule has 0 spiro atoms. The molecule has 1 aliphatic rings. The molecule has 17 heavy (non-hydrogen) atoms. The van der Waals surface area contributed by atoms with Crippen molar-refractivity contribution in [2.24, 2.45) is 0 Å². The summed E-state index contributed by atoms with van der Waals surface area (Å²) in [6.45, 7) is 5.49. The predicted octanol–water partition coefficient (Wildman–Crippen LogP) is 0.304. The van der Waals surface area contributed by atoms with Crippen molar-refractivity contribution in [3.8, 4) is 0 Å². The second kappa shape index (κ2) is 5.91. The van der Waals surface area contributed by atoms with Gasteiger partial charge >= 0.3 is 7.12 Å². The topological polar surface area (TPSA) is 43.7 Å². The zero-order valence-corrected chi connectivity index (χ0v) is 10.9. The fourth-order valence-electron chi connectivity index (χ4n) is 2.09. The minimum Gasteiger partial charge on any atom is -0.423 e. The van der Waals surface area contributed by atoms with E-state index in [9.17, 15) is 0 Å². The molecule has 0 amide bonds. The summed E-state index contributed by atoms with van der Waals surface area (Å²) in [5, 5.41) is 18.7. The molecule has 1 aromatic carbocycles. The lowest BCUT2D eigenvalue weighted by molar-refractivity contribution is 0.278. The summed E-state index contributed by atoms with van der Waals surface area (Å²) in [5.74, 6) is 1.20. The van der Waals surface area contributed by atoms with Crippen LogP contribution in [0, 0.1) is 0 Å². The van der Waals surface area contributed by atoms with E-state index in [2.05, 4.69) is 11.8 Å². The molecule has 3 nitrogen and oxygen atoms in total. The molecule has 1 unspecified atom stereocenters. The van der Waals surface area contributed by atoms with Crippen molar-refractivity contribution in [1.82, 2.24) is 4.90 Å². The number of nitrogens with zero attached hydrogens (tertiary/aromatic N) is 1. The van der Waals surface area contributed by atoms with Crippen LogP contribution in [0.4, 0.5) is 0 Å². The highest BCUT2D eigenvalue weighted by atomic mass is 32.2. The van der Waals surface area contributed by atoms with Crippen LogP contribution in [0.3, 0.4) is 0 Å². The highest BCUT2D eigenvalue weighted by Gasteiger charge is 2.17. The van der Waals surface area contributed by atoms with Gasteiger partial charge in [-0.3, -0.25) is 4.90 Å². The van der Waals surface area contributed by atoms with Gasteiger partial charge < -0.3 is 10.0 Å².